The van der Waals surface area contributed by atoms with Crippen LogP contribution in [0.1, 0.15) is 11.4 Å². The van der Waals surface area contributed by atoms with Crippen LogP contribution in [-0.2, 0) is 11.0 Å². The largest absolute Gasteiger partial charge is 0.457 e. The summed E-state index contributed by atoms with van der Waals surface area (Å²) in [7, 11) is 0. The van der Waals surface area contributed by atoms with Gasteiger partial charge in [0.25, 0.3) is 0 Å². The number of para-hydroxylation sites is 1. The van der Waals surface area contributed by atoms with Crippen molar-refractivity contribution in [2.45, 2.75) is 18.6 Å². The Morgan fingerprint density at radius 1 is 1.06 bits per heavy atom. The fourth-order valence-corrected chi connectivity index (χ4v) is 3.69. The molecule has 3 amide bonds. The van der Waals surface area contributed by atoms with Crippen molar-refractivity contribution in [2.24, 2.45) is 0 Å². The summed E-state index contributed by atoms with van der Waals surface area (Å²) >= 11 is 0.217. The van der Waals surface area contributed by atoms with Crippen LogP contribution in [-0.4, -0.2) is 34.7 Å². The zero-order valence-corrected chi connectivity index (χ0v) is 17.1. The number of ether oxygens (including phenoxy) is 1. The summed E-state index contributed by atoms with van der Waals surface area (Å²) in [5, 5.41) is 9.63. The van der Waals surface area contributed by atoms with Crippen molar-refractivity contribution in [3.05, 3.63) is 59.6 Å². The van der Waals surface area contributed by atoms with Gasteiger partial charge in [-0.3, -0.25) is 10.1 Å². The summed E-state index contributed by atoms with van der Waals surface area (Å²) in [6.07, 6.45) is -4.58. The number of hydrogen-bond donors (Lipinski definition) is 2. The second kappa shape index (κ2) is 8.83. The predicted molar refractivity (Wildman–Crippen MR) is 111 cm³/mol. The number of nitrogens with one attached hydrogen (secondary N) is 2. The van der Waals surface area contributed by atoms with Gasteiger partial charge >= 0.3 is 12.2 Å². The summed E-state index contributed by atoms with van der Waals surface area (Å²) < 4.78 is 43.5. The van der Waals surface area contributed by atoms with Crippen LogP contribution in [0.2, 0.25) is 0 Å². The first kappa shape index (κ1) is 21.6. The van der Waals surface area contributed by atoms with Gasteiger partial charge in [0.1, 0.15) is 11.5 Å². The summed E-state index contributed by atoms with van der Waals surface area (Å²) in [6.45, 7) is 0.217. The smallest absolute Gasteiger partial charge is 0.445 e. The normalized spacial score (nSPS) is 16.2. The van der Waals surface area contributed by atoms with E-state index in [1.54, 1.807) is 24.3 Å². The first-order chi connectivity index (χ1) is 15.3. The number of nitrogens with zero attached hydrogens (tertiary/aromatic N) is 3. The average molecular weight is 463 g/mol. The van der Waals surface area contributed by atoms with Gasteiger partial charge in [-0.25, -0.2) is 4.79 Å². The Labute approximate surface area is 184 Å². The van der Waals surface area contributed by atoms with Gasteiger partial charge in [-0.1, -0.05) is 29.5 Å². The zero-order valence-electron chi connectivity index (χ0n) is 16.3. The van der Waals surface area contributed by atoms with Crippen LogP contribution >= 0.6 is 11.3 Å². The number of amides is 3. The Morgan fingerprint density at radius 2 is 1.75 bits per heavy atom. The molecule has 0 aliphatic carbocycles. The first-order valence-electron chi connectivity index (χ1n) is 9.39. The highest BCUT2D eigenvalue weighted by molar-refractivity contribution is 7.15. The third kappa shape index (κ3) is 5.14. The van der Waals surface area contributed by atoms with Crippen LogP contribution in [0.4, 0.5) is 28.8 Å². The maximum atomic E-state index is 12.6. The van der Waals surface area contributed by atoms with Gasteiger partial charge < -0.3 is 15.0 Å². The minimum Gasteiger partial charge on any atom is -0.457 e. The summed E-state index contributed by atoms with van der Waals surface area (Å²) in [6, 6.07) is 14.9. The third-order valence-corrected chi connectivity index (χ3v) is 5.36. The molecule has 12 heteroatoms. The minimum atomic E-state index is -4.63. The summed E-state index contributed by atoms with van der Waals surface area (Å²) in [5.41, 5.74) is 0.638. The summed E-state index contributed by atoms with van der Waals surface area (Å²) in [5.74, 6) is 1.10. The highest BCUT2D eigenvalue weighted by Crippen LogP contribution is 2.33. The van der Waals surface area contributed by atoms with Crippen LogP contribution in [0, 0.1) is 0 Å². The number of carbonyl (C=O) groups is 2. The van der Waals surface area contributed by atoms with Crippen LogP contribution in [0.3, 0.4) is 0 Å². The molecule has 2 heterocycles. The van der Waals surface area contributed by atoms with Gasteiger partial charge in [-0.15, -0.1) is 10.2 Å². The van der Waals surface area contributed by atoms with E-state index in [9.17, 15) is 22.8 Å². The Bertz CT molecular complexity index is 1110. The van der Waals surface area contributed by atoms with Crippen LogP contribution in [0.5, 0.6) is 11.5 Å². The van der Waals surface area contributed by atoms with E-state index in [1.807, 2.05) is 30.3 Å². The molecule has 8 nitrogen and oxygen atoms in total. The van der Waals surface area contributed by atoms with E-state index >= 15 is 0 Å². The number of benzene rings is 2. The van der Waals surface area contributed by atoms with E-state index in [1.165, 1.54) is 4.90 Å². The van der Waals surface area contributed by atoms with Gasteiger partial charge in [0.2, 0.25) is 16.0 Å². The Kier molecular flexibility index (Phi) is 5.95. The fourth-order valence-electron chi connectivity index (χ4n) is 3.08. The van der Waals surface area contributed by atoms with Crippen molar-refractivity contribution >= 4 is 34.1 Å². The molecule has 1 saturated heterocycles. The molecular formula is C20H16F3N5O3S. The molecule has 0 spiro atoms. The van der Waals surface area contributed by atoms with Gasteiger partial charge in [0.05, 0.1) is 6.04 Å². The Hall–Kier alpha value is -3.67. The maximum absolute atomic E-state index is 12.6. The van der Waals surface area contributed by atoms with Gasteiger partial charge in [-0.05, 0) is 36.4 Å². The Balaban J connectivity index is 1.32. The number of hydrogen-bond acceptors (Lipinski definition) is 6. The zero-order chi connectivity index (χ0) is 22.7. The van der Waals surface area contributed by atoms with Crippen LogP contribution < -0.4 is 20.3 Å². The number of rotatable bonds is 5. The van der Waals surface area contributed by atoms with E-state index in [0.717, 1.165) is 0 Å². The van der Waals surface area contributed by atoms with Gasteiger partial charge in [0.15, 0.2) is 0 Å². The molecular weight excluding hydrogens is 447 g/mol. The molecule has 1 fully saturated rings. The first-order valence-corrected chi connectivity index (χ1v) is 10.2. The highest BCUT2D eigenvalue weighted by atomic mass is 32.1. The van der Waals surface area contributed by atoms with Crippen molar-refractivity contribution < 1.29 is 27.5 Å². The van der Waals surface area contributed by atoms with Crippen molar-refractivity contribution in [2.75, 3.05) is 16.8 Å². The fraction of sp³-hybridized carbons (Fsp3) is 0.200. The quantitative estimate of drug-likeness (QED) is 0.589. The predicted octanol–water partition coefficient (Wildman–Crippen LogP) is 4.28. The topological polar surface area (TPSA) is 96.4 Å². The lowest BCUT2D eigenvalue weighted by Crippen LogP contribution is -2.39. The number of urea groups is 1. The molecule has 32 heavy (non-hydrogen) atoms. The van der Waals surface area contributed by atoms with Crippen molar-refractivity contribution in [3.8, 4) is 11.5 Å². The van der Waals surface area contributed by atoms with E-state index in [2.05, 4.69) is 20.8 Å². The third-order valence-electron chi connectivity index (χ3n) is 4.48. The molecule has 2 aromatic carbocycles. The molecule has 0 bridgehead atoms. The molecule has 1 unspecified atom stereocenters. The second-order valence-electron chi connectivity index (χ2n) is 6.82. The lowest BCUT2D eigenvalue weighted by Gasteiger charge is -2.17. The molecule has 0 saturated carbocycles. The average Bonchev–Trinajstić information content (AvgIpc) is 3.36. The summed E-state index contributed by atoms with van der Waals surface area (Å²) in [4.78, 5) is 26.0. The molecule has 166 valence electrons. The Morgan fingerprint density at radius 3 is 2.41 bits per heavy atom. The van der Waals surface area contributed by atoms with Crippen LogP contribution in [0.25, 0.3) is 0 Å². The molecule has 3 aromatic rings. The van der Waals surface area contributed by atoms with E-state index in [0.29, 0.717) is 17.2 Å². The minimum absolute atomic E-state index is 0.0552. The van der Waals surface area contributed by atoms with Gasteiger partial charge in [-0.2, -0.15) is 13.2 Å². The van der Waals surface area contributed by atoms with E-state index in [4.69, 9.17) is 4.74 Å². The number of aromatic nitrogens is 2. The number of alkyl halides is 3. The van der Waals surface area contributed by atoms with Crippen molar-refractivity contribution in [1.82, 2.24) is 15.5 Å². The molecule has 4 rings (SSSR count). The van der Waals surface area contributed by atoms with Crippen molar-refractivity contribution in [1.29, 1.82) is 0 Å². The van der Waals surface area contributed by atoms with E-state index < -0.39 is 23.3 Å². The lowest BCUT2D eigenvalue weighted by atomic mass is 10.2. The standard InChI is InChI=1S/C20H16F3N5O3S/c21-20(22,23)17-26-27-19(32-17)25-18(30)24-12-10-16(29)28(11-12)13-6-8-15(9-7-13)31-14-4-2-1-3-5-14/h1-9,12H,10-11H2,(H2,24,25,27,30). The number of carbonyl (C=O) groups excluding carboxylic acids is 2. The molecule has 1 aliphatic rings. The number of halogens is 3. The molecule has 2 N–H and O–H groups in total. The van der Waals surface area contributed by atoms with E-state index in [-0.39, 0.29) is 35.3 Å². The molecule has 1 aliphatic heterocycles. The molecule has 1 aromatic heterocycles. The SMILES string of the molecule is O=C(Nc1nnc(C(F)(F)F)s1)NC1CC(=O)N(c2ccc(Oc3ccccc3)cc2)C1. The second-order valence-corrected chi connectivity index (χ2v) is 7.80. The monoisotopic (exact) mass is 463 g/mol. The highest BCUT2D eigenvalue weighted by Gasteiger charge is 2.36. The van der Waals surface area contributed by atoms with Gasteiger partial charge in [0, 0.05) is 18.7 Å². The lowest BCUT2D eigenvalue weighted by molar-refractivity contribution is -0.138. The van der Waals surface area contributed by atoms with Crippen molar-refractivity contribution in [3.63, 3.8) is 0 Å². The molecule has 0 radical (unpaired) electrons. The van der Waals surface area contributed by atoms with Crippen LogP contribution in [0.15, 0.2) is 54.6 Å². The number of anilines is 2. The maximum Gasteiger partial charge on any atom is 0.445 e. The molecule has 1 atom stereocenters.